The molecule has 0 radical (unpaired) electrons. The second-order valence-electron chi connectivity index (χ2n) is 2.59. The molecule has 0 atom stereocenters. The molecule has 0 saturated carbocycles. The highest BCUT2D eigenvalue weighted by Crippen LogP contribution is 2.15. The lowest BCUT2D eigenvalue weighted by Gasteiger charge is -2.13. The summed E-state index contributed by atoms with van der Waals surface area (Å²) in [5.74, 6) is -2.23. The van der Waals surface area contributed by atoms with Gasteiger partial charge in [0.05, 0.1) is 0 Å². The molecule has 74 valence electrons. The van der Waals surface area contributed by atoms with Crippen molar-refractivity contribution >= 4 is 11.7 Å². The van der Waals surface area contributed by atoms with E-state index in [-0.39, 0.29) is 11.3 Å². The molecule has 0 spiro atoms. The van der Waals surface area contributed by atoms with Gasteiger partial charge in [0.25, 0.3) is 0 Å². The van der Waals surface area contributed by atoms with E-state index in [1.54, 1.807) is 0 Å². The van der Waals surface area contributed by atoms with E-state index in [0.29, 0.717) is 0 Å². The summed E-state index contributed by atoms with van der Waals surface area (Å²) in [6.07, 6.45) is 0. The van der Waals surface area contributed by atoms with Gasteiger partial charge in [0.1, 0.15) is 11.4 Å². The molecule has 0 aromatic heterocycles. The maximum Gasteiger partial charge on any atom is 0.351 e. The fourth-order valence-electron chi connectivity index (χ4n) is 0.865. The average Bonchev–Trinajstić information content (AvgIpc) is 2.16. The smallest absolute Gasteiger partial charge is 0.351 e. The van der Waals surface area contributed by atoms with Crippen LogP contribution in [0.5, 0.6) is 5.75 Å². The molecular weight excluding hydrogens is 186 g/mol. The van der Waals surface area contributed by atoms with Crippen LogP contribution in [0.25, 0.3) is 5.76 Å². The van der Waals surface area contributed by atoms with Crippen LogP contribution >= 0.6 is 0 Å². The number of nitrogens with two attached hydrogens (primary N) is 1. The average molecular weight is 194 g/mol. The summed E-state index contributed by atoms with van der Waals surface area (Å²) >= 11 is 0. The molecule has 0 unspecified atom stereocenters. The zero-order valence-electron chi connectivity index (χ0n) is 7.10. The van der Waals surface area contributed by atoms with E-state index in [4.69, 9.17) is 15.9 Å². The Morgan fingerprint density at radius 1 is 1.29 bits per heavy atom. The van der Waals surface area contributed by atoms with Crippen LogP contribution in [0.1, 0.15) is 5.56 Å². The predicted octanol–water partition coefficient (Wildman–Crippen LogP) is -0.536. The van der Waals surface area contributed by atoms with Crippen molar-refractivity contribution in [1.82, 2.24) is 0 Å². The second kappa shape index (κ2) is 3.69. The van der Waals surface area contributed by atoms with Gasteiger partial charge >= 0.3 is 5.97 Å². The molecular formula is C9H8NO4-. The van der Waals surface area contributed by atoms with Crippen LogP contribution in [0.3, 0.4) is 0 Å². The number of phenols is 1. The van der Waals surface area contributed by atoms with Crippen molar-refractivity contribution in [3.05, 3.63) is 35.5 Å². The molecule has 1 rings (SSSR count). The summed E-state index contributed by atoms with van der Waals surface area (Å²) in [4.78, 5) is 10.3. The van der Waals surface area contributed by atoms with E-state index in [0.717, 1.165) is 0 Å². The summed E-state index contributed by atoms with van der Waals surface area (Å²) < 4.78 is 0. The molecule has 1 aromatic rings. The van der Waals surface area contributed by atoms with E-state index < -0.39 is 17.4 Å². The number of hydrogen-bond acceptors (Lipinski definition) is 4. The van der Waals surface area contributed by atoms with Crippen molar-refractivity contribution in [1.29, 1.82) is 0 Å². The lowest BCUT2D eigenvalue weighted by Crippen LogP contribution is -2.18. The molecule has 0 heterocycles. The number of phenolic OH excluding ortho intramolecular Hbond substituents is 1. The zero-order chi connectivity index (χ0) is 10.7. The van der Waals surface area contributed by atoms with Gasteiger partial charge in [-0.05, 0) is 17.7 Å². The van der Waals surface area contributed by atoms with Crippen molar-refractivity contribution in [2.45, 2.75) is 0 Å². The summed E-state index contributed by atoms with van der Waals surface area (Å²) in [5, 5.41) is 28.6. The van der Waals surface area contributed by atoms with Gasteiger partial charge in [-0.1, -0.05) is 17.9 Å². The quantitative estimate of drug-likeness (QED) is 0.433. The van der Waals surface area contributed by atoms with Crippen LogP contribution < -0.4 is 10.8 Å². The highest BCUT2D eigenvalue weighted by molar-refractivity contribution is 5.92. The van der Waals surface area contributed by atoms with Crippen LogP contribution in [0, 0.1) is 0 Å². The molecule has 5 nitrogen and oxygen atoms in total. The first-order valence-corrected chi connectivity index (χ1v) is 3.72. The van der Waals surface area contributed by atoms with Gasteiger partial charge < -0.3 is 21.1 Å². The first-order chi connectivity index (χ1) is 6.52. The fourth-order valence-corrected chi connectivity index (χ4v) is 0.865. The Balaban J connectivity index is 3.12. The number of carboxylic acid groups (broad SMARTS) is 1. The van der Waals surface area contributed by atoms with Crippen LogP contribution in [0.15, 0.2) is 30.0 Å². The number of benzene rings is 1. The van der Waals surface area contributed by atoms with Crippen molar-refractivity contribution in [2.24, 2.45) is 5.73 Å². The second-order valence-corrected chi connectivity index (χ2v) is 2.59. The lowest BCUT2D eigenvalue weighted by molar-refractivity contribution is -0.245. The molecule has 0 bridgehead atoms. The molecule has 0 fully saturated rings. The van der Waals surface area contributed by atoms with Gasteiger partial charge in [-0.2, -0.15) is 0 Å². The van der Waals surface area contributed by atoms with E-state index in [1.165, 1.54) is 24.3 Å². The first kappa shape index (κ1) is 9.91. The van der Waals surface area contributed by atoms with Gasteiger partial charge in [0, 0.05) is 0 Å². The van der Waals surface area contributed by atoms with Crippen LogP contribution in [0.4, 0.5) is 0 Å². The Morgan fingerprint density at radius 2 is 1.79 bits per heavy atom. The SMILES string of the molecule is N/C(C(=O)O)=C(\[O-])c1ccc(O)cc1. The molecule has 1 aromatic carbocycles. The molecule has 0 aliphatic heterocycles. The standard InChI is InChI=1S/C9H9NO4/c10-7(9(13)14)8(12)5-1-3-6(11)4-2-5/h1-4,11-12H,10H2,(H,13,14)/p-1/b8-7-. The van der Waals surface area contributed by atoms with Gasteiger partial charge in [0.15, 0.2) is 0 Å². The molecule has 14 heavy (non-hydrogen) atoms. The summed E-state index contributed by atoms with van der Waals surface area (Å²) in [5.41, 5.74) is 4.42. The normalized spacial score (nSPS) is 12.0. The third kappa shape index (κ3) is 1.95. The van der Waals surface area contributed by atoms with E-state index >= 15 is 0 Å². The number of aliphatic carboxylic acids is 1. The van der Waals surface area contributed by atoms with Gasteiger partial charge in [-0.25, -0.2) is 4.79 Å². The Kier molecular flexibility index (Phi) is 2.62. The van der Waals surface area contributed by atoms with E-state index in [1.807, 2.05) is 0 Å². The highest BCUT2D eigenvalue weighted by Gasteiger charge is 2.03. The third-order valence-electron chi connectivity index (χ3n) is 1.60. The predicted molar refractivity (Wildman–Crippen MR) is 46.9 cm³/mol. The summed E-state index contributed by atoms with van der Waals surface area (Å²) in [6, 6.07) is 5.16. The van der Waals surface area contributed by atoms with Gasteiger partial charge in [0.2, 0.25) is 0 Å². The number of aromatic hydroxyl groups is 1. The van der Waals surface area contributed by atoms with Gasteiger partial charge in [-0.3, -0.25) is 0 Å². The summed E-state index contributed by atoms with van der Waals surface area (Å²) in [7, 11) is 0. The third-order valence-corrected chi connectivity index (χ3v) is 1.60. The van der Waals surface area contributed by atoms with Crippen molar-refractivity contribution in [3.63, 3.8) is 0 Å². The largest absolute Gasteiger partial charge is 0.870 e. The molecule has 5 heteroatoms. The van der Waals surface area contributed by atoms with Crippen molar-refractivity contribution in [3.8, 4) is 5.75 Å². The number of rotatable bonds is 2. The maximum atomic E-state index is 11.3. The first-order valence-electron chi connectivity index (χ1n) is 3.72. The van der Waals surface area contributed by atoms with Crippen LogP contribution in [0.2, 0.25) is 0 Å². The van der Waals surface area contributed by atoms with Gasteiger partial charge in [-0.15, -0.1) is 0 Å². The minimum Gasteiger partial charge on any atom is -0.870 e. The Hall–Kier alpha value is -2.17. The number of hydrogen-bond donors (Lipinski definition) is 3. The lowest BCUT2D eigenvalue weighted by atomic mass is 10.1. The minimum absolute atomic E-state index is 0.00422. The summed E-state index contributed by atoms with van der Waals surface area (Å²) in [6.45, 7) is 0. The molecule has 0 aliphatic carbocycles. The molecule has 0 aliphatic rings. The molecule has 0 saturated heterocycles. The number of carbonyl (C=O) groups is 1. The van der Waals surface area contributed by atoms with Crippen LogP contribution in [-0.4, -0.2) is 16.2 Å². The van der Waals surface area contributed by atoms with E-state index in [9.17, 15) is 9.90 Å². The Bertz CT molecular complexity index is 380. The molecule has 0 amide bonds. The number of carboxylic acids is 1. The highest BCUT2D eigenvalue weighted by atomic mass is 16.4. The van der Waals surface area contributed by atoms with Crippen molar-refractivity contribution in [2.75, 3.05) is 0 Å². The van der Waals surface area contributed by atoms with E-state index in [2.05, 4.69) is 0 Å². The Labute approximate surface area is 79.7 Å². The van der Waals surface area contributed by atoms with Crippen molar-refractivity contribution < 1.29 is 20.1 Å². The fraction of sp³-hybridized carbons (Fsp3) is 0. The zero-order valence-corrected chi connectivity index (χ0v) is 7.10. The minimum atomic E-state index is -1.46. The topological polar surface area (TPSA) is 107 Å². The Morgan fingerprint density at radius 3 is 2.21 bits per heavy atom. The molecule has 4 N–H and O–H groups in total. The van der Waals surface area contributed by atoms with Crippen LogP contribution in [-0.2, 0) is 4.79 Å². The maximum absolute atomic E-state index is 11.3. The monoisotopic (exact) mass is 194 g/mol.